The first kappa shape index (κ1) is 14.5. The molecule has 1 heterocycles. The average Bonchev–Trinajstić information content (AvgIpc) is 2.46. The Bertz CT molecular complexity index is 380. The summed E-state index contributed by atoms with van der Waals surface area (Å²) in [6.07, 6.45) is 2.02. The lowest BCUT2D eigenvalue weighted by Crippen LogP contribution is -2.47. The summed E-state index contributed by atoms with van der Waals surface area (Å²) in [5.41, 5.74) is 8.14. The zero-order valence-corrected chi connectivity index (χ0v) is 12.0. The summed E-state index contributed by atoms with van der Waals surface area (Å²) in [7, 11) is 0. The largest absolute Gasteiger partial charge is 0.378 e. The molecule has 3 nitrogen and oxygen atoms in total. The van der Waals surface area contributed by atoms with E-state index >= 15 is 0 Å². The molecule has 1 aromatic rings. The van der Waals surface area contributed by atoms with Crippen molar-refractivity contribution in [2.24, 2.45) is 5.73 Å². The van der Waals surface area contributed by atoms with E-state index in [0.29, 0.717) is 25.7 Å². The number of benzene rings is 1. The van der Waals surface area contributed by atoms with Gasteiger partial charge in [0, 0.05) is 13.2 Å². The third-order valence-corrected chi connectivity index (χ3v) is 3.85. The third kappa shape index (κ3) is 3.78. The molecule has 1 aliphatic rings. The normalized spacial score (nSPS) is 23.8. The van der Waals surface area contributed by atoms with Crippen LogP contribution in [0.5, 0.6) is 0 Å². The highest BCUT2D eigenvalue weighted by atomic mass is 16.5. The highest BCUT2D eigenvalue weighted by Crippen LogP contribution is 2.24. The fourth-order valence-electron chi connectivity index (χ4n) is 2.40. The fourth-order valence-corrected chi connectivity index (χ4v) is 2.40. The van der Waals surface area contributed by atoms with Crippen molar-refractivity contribution >= 4 is 0 Å². The van der Waals surface area contributed by atoms with Crippen molar-refractivity contribution in [2.75, 3.05) is 19.8 Å². The van der Waals surface area contributed by atoms with Crippen molar-refractivity contribution in [1.82, 2.24) is 0 Å². The Morgan fingerprint density at radius 3 is 2.58 bits per heavy atom. The Morgan fingerprint density at radius 2 is 2.05 bits per heavy atom. The van der Waals surface area contributed by atoms with Crippen molar-refractivity contribution in [3.63, 3.8) is 0 Å². The molecule has 2 rings (SSSR count). The van der Waals surface area contributed by atoms with Gasteiger partial charge in [-0.05, 0) is 29.9 Å². The van der Waals surface area contributed by atoms with E-state index in [9.17, 15) is 0 Å². The molecule has 1 aliphatic heterocycles. The van der Waals surface area contributed by atoms with Crippen molar-refractivity contribution < 1.29 is 9.47 Å². The monoisotopic (exact) mass is 263 g/mol. The highest BCUT2D eigenvalue weighted by Gasteiger charge is 2.32. The fraction of sp³-hybridized carbons (Fsp3) is 0.625. The van der Waals surface area contributed by atoms with E-state index in [2.05, 4.69) is 38.1 Å². The first-order valence-corrected chi connectivity index (χ1v) is 7.16. The van der Waals surface area contributed by atoms with Gasteiger partial charge in [-0.3, -0.25) is 0 Å². The predicted molar refractivity (Wildman–Crippen MR) is 77.2 cm³/mol. The maximum absolute atomic E-state index is 6.06. The molecular formula is C16H25NO2. The van der Waals surface area contributed by atoms with Crippen molar-refractivity contribution in [2.45, 2.75) is 44.8 Å². The van der Waals surface area contributed by atoms with E-state index in [4.69, 9.17) is 15.2 Å². The molecule has 1 aromatic carbocycles. The molecule has 106 valence electrons. The third-order valence-electron chi connectivity index (χ3n) is 3.85. The molecule has 1 unspecified atom stereocenters. The molecule has 1 fully saturated rings. The summed E-state index contributed by atoms with van der Waals surface area (Å²) in [6.45, 7) is 6.99. The van der Waals surface area contributed by atoms with E-state index in [1.54, 1.807) is 0 Å². The Morgan fingerprint density at radius 1 is 1.32 bits per heavy atom. The van der Waals surface area contributed by atoms with Crippen molar-refractivity contribution in [1.29, 1.82) is 0 Å². The lowest BCUT2D eigenvalue weighted by atomic mass is 9.96. The first-order valence-electron chi connectivity index (χ1n) is 7.16. The molecule has 0 bridgehead atoms. The molecule has 2 N–H and O–H groups in total. The van der Waals surface area contributed by atoms with Gasteiger partial charge in [-0.25, -0.2) is 0 Å². The Hall–Kier alpha value is -0.900. The highest BCUT2D eigenvalue weighted by molar-refractivity contribution is 5.24. The number of nitrogens with two attached hydrogens (primary N) is 1. The summed E-state index contributed by atoms with van der Waals surface area (Å²) in [4.78, 5) is 0. The second kappa shape index (κ2) is 6.51. The van der Waals surface area contributed by atoms with Crippen LogP contribution in [0.25, 0.3) is 0 Å². The van der Waals surface area contributed by atoms with E-state index in [0.717, 1.165) is 19.4 Å². The zero-order valence-electron chi connectivity index (χ0n) is 12.0. The molecule has 0 aromatic heterocycles. The Balaban J connectivity index is 1.93. The summed E-state index contributed by atoms with van der Waals surface area (Å²) in [6, 6.07) is 8.64. The van der Waals surface area contributed by atoms with Crippen LogP contribution in [0, 0.1) is 0 Å². The van der Waals surface area contributed by atoms with Gasteiger partial charge in [0.15, 0.2) is 0 Å². The van der Waals surface area contributed by atoms with Crippen LogP contribution in [-0.4, -0.2) is 25.4 Å². The van der Waals surface area contributed by atoms with Gasteiger partial charge in [-0.15, -0.1) is 0 Å². The smallest absolute Gasteiger partial charge is 0.104 e. The van der Waals surface area contributed by atoms with Gasteiger partial charge in [-0.1, -0.05) is 38.1 Å². The molecular weight excluding hydrogens is 238 g/mol. The summed E-state index contributed by atoms with van der Waals surface area (Å²) in [5.74, 6) is 0.567. The minimum atomic E-state index is -0.283. The average molecular weight is 263 g/mol. The van der Waals surface area contributed by atoms with Crippen LogP contribution >= 0.6 is 0 Å². The summed E-state index contributed by atoms with van der Waals surface area (Å²) >= 11 is 0. The summed E-state index contributed by atoms with van der Waals surface area (Å²) < 4.78 is 11.6. The van der Waals surface area contributed by atoms with E-state index in [1.165, 1.54) is 11.1 Å². The number of hydrogen-bond acceptors (Lipinski definition) is 3. The molecule has 0 radical (unpaired) electrons. The maximum Gasteiger partial charge on any atom is 0.104 e. The number of hydrogen-bond donors (Lipinski definition) is 1. The van der Waals surface area contributed by atoms with Crippen LogP contribution in [0.4, 0.5) is 0 Å². The standard InChI is InChI=1S/C16H25NO2/c1-13(2)15-6-4-14(5-7-15)10-19-16(11-17)8-3-9-18-12-16/h4-7,13H,3,8-12,17H2,1-2H3. The first-order chi connectivity index (χ1) is 9.15. The Kier molecular flexibility index (Phi) is 4.97. The quantitative estimate of drug-likeness (QED) is 0.888. The van der Waals surface area contributed by atoms with E-state index in [-0.39, 0.29) is 5.60 Å². The van der Waals surface area contributed by atoms with Gasteiger partial charge in [0.2, 0.25) is 0 Å². The predicted octanol–water partition coefficient (Wildman–Crippen LogP) is 2.83. The van der Waals surface area contributed by atoms with Crippen molar-refractivity contribution in [3.8, 4) is 0 Å². The van der Waals surface area contributed by atoms with Crippen molar-refractivity contribution in [3.05, 3.63) is 35.4 Å². The molecule has 0 saturated carbocycles. The molecule has 0 spiro atoms. The minimum absolute atomic E-state index is 0.283. The Labute approximate surface area is 116 Å². The second-order valence-corrected chi connectivity index (χ2v) is 5.73. The summed E-state index contributed by atoms with van der Waals surface area (Å²) in [5, 5.41) is 0. The van der Waals surface area contributed by atoms with Crippen LogP contribution < -0.4 is 5.73 Å². The lowest BCUT2D eigenvalue weighted by Gasteiger charge is -2.35. The van der Waals surface area contributed by atoms with Gasteiger partial charge >= 0.3 is 0 Å². The van der Waals surface area contributed by atoms with Crippen LogP contribution in [-0.2, 0) is 16.1 Å². The minimum Gasteiger partial charge on any atom is -0.378 e. The SMILES string of the molecule is CC(C)c1ccc(COC2(CN)CCCOC2)cc1. The molecule has 19 heavy (non-hydrogen) atoms. The van der Waals surface area contributed by atoms with Gasteiger partial charge in [-0.2, -0.15) is 0 Å². The van der Waals surface area contributed by atoms with Crippen LogP contribution in [0.15, 0.2) is 24.3 Å². The van der Waals surface area contributed by atoms with Gasteiger partial charge in [0.1, 0.15) is 5.60 Å². The maximum atomic E-state index is 6.06. The molecule has 1 atom stereocenters. The molecule has 0 amide bonds. The van der Waals surface area contributed by atoms with E-state index < -0.39 is 0 Å². The van der Waals surface area contributed by atoms with Crippen LogP contribution in [0.2, 0.25) is 0 Å². The van der Waals surface area contributed by atoms with Crippen LogP contribution in [0.1, 0.15) is 43.7 Å². The number of rotatable bonds is 5. The van der Waals surface area contributed by atoms with Gasteiger partial charge < -0.3 is 15.2 Å². The number of ether oxygens (including phenoxy) is 2. The molecule has 0 aliphatic carbocycles. The van der Waals surface area contributed by atoms with Gasteiger partial charge in [0.25, 0.3) is 0 Å². The lowest BCUT2D eigenvalue weighted by molar-refractivity contribution is -0.130. The van der Waals surface area contributed by atoms with Crippen LogP contribution in [0.3, 0.4) is 0 Å². The molecule has 1 saturated heterocycles. The molecule has 3 heteroatoms. The second-order valence-electron chi connectivity index (χ2n) is 5.73. The van der Waals surface area contributed by atoms with E-state index in [1.807, 2.05) is 0 Å². The zero-order chi connectivity index (χ0) is 13.7. The van der Waals surface area contributed by atoms with Gasteiger partial charge in [0.05, 0.1) is 13.2 Å². The topological polar surface area (TPSA) is 44.5 Å².